The van der Waals surface area contributed by atoms with Crippen LogP contribution in [0.5, 0.6) is 0 Å². The average molecular weight is 324 g/mol. The summed E-state index contributed by atoms with van der Waals surface area (Å²) in [4.78, 5) is 14.7. The first-order chi connectivity index (χ1) is 10.0. The molecule has 1 heterocycles. The van der Waals surface area contributed by atoms with E-state index in [2.05, 4.69) is 4.98 Å². The number of ether oxygens (including phenoxy) is 1. The van der Waals surface area contributed by atoms with Gasteiger partial charge in [-0.25, -0.2) is 4.79 Å². The molecule has 1 N–H and O–H groups in total. The minimum atomic E-state index is -0.308. The number of esters is 1. The molecule has 2 rings (SSSR count). The number of nitrogens with one attached hydrogen (secondary N) is 1. The first-order valence-electron chi connectivity index (χ1n) is 6.51. The molecule has 0 aliphatic carbocycles. The third-order valence-corrected chi connectivity index (χ3v) is 3.62. The standard InChI is InChI=1S/C16H15Cl2NO2/c1-3-21-16(20)10(2)5-4-6-12-7-11-8-13(17)14(18)9-15(11)19-12/h4-9,19H,3H2,1-2H3/b6-4+,10-5+. The summed E-state index contributed by atoms with van der Waals surface area (Å²) >= 11 is 12.0. The summed E-state index contributed by atoms with van der Waals surface area (Å²) < 4.78 is 4.90. The lowest BCUT2D eigenvalue weighted by Gasteiger charge is -1.99. The van der Waals surface area contributed by atoms with Gasteiger partial charge in [-0.3, -0.25) is 0 Å². The minimum absolute atomic E-state index is 0.308. The zero-order chi connectivity index (χ0) is 15.4. The Bertz CT molecular complexity index is 690. The quantitative estimate of drug-likeness (QED) is 0.489. The Morgan fingerprint density at radius 2 is 2.00 bits per heavy atom. The Kier molecular flexibility index (Phi) is 5.10. The van der Waals surface area contributed by atoms with E-state index in [4.69, 9.17) is 27.9 Å². The molecule has 0 radical (unpaired) electrons. The molecule has 0 amide bonds. The van der Waals surface area contributed by atoms with Crippen molar-refractivity contribution in [2.45, 2.75) is 13.8 Å². The summed E-state index contributed by atoms with van der Waals surface area (Å²) in [6, 6.07) is 5.56. The van der Waals surface area contributed by atoms with E-state index >= 15 is 0 Å². The van der Waals surface area contributed by atoms with Crippen molar-refractivity contribution in [3.63, 3.8) is 0 Å². The molecule has 1 aromatic carbocycles. The fourth-order valence-corrected chi connectivity index (χ4v) is 2.18. The average Bonchev–Trinajstić information content (AvgIpc) is 2.81. The van der Waals surface area contributed by atoms with Crippen LogP contribution in [-0.4, -0.2) is 17.6 Å². The highest BCUT2D eigenvalue weighted by atomic mass is 35.5. The van der Waals surface area contributed by atoms with E-state index in [9.17, 15) is 4.79 Å². The van der Waals surface area contributed by atoms with Gasteiger partial charge in [0, 0.05) is 22.2 Å². The molecule has 0 unspecified atom stereocenters. The lowest BCUT2D eigenvalue weighted by molar-refractivity contribution is -0.138. The van der Waals surface area contributed by atoms with Gasteiger partial charge in [0.1, 0.15) is 0 Å². The van der Waals surface area contributed by atoms with Crippen molar-refractivity contribution in [1.82, 2.24) is 4.98 Å². The Balaban J connectivity index is 2.18. The van der Waals surface area contributed by atoms with Gasteiger partial charge in [-0.2, -0.15) is 0 Å². The van der Waals surface area contributed by atoms with Crippen LogP contribution in [0.3, 0.4) is 0 Å². The molecule has 0 spiro atoms. The van der Waals surface area contributed by atoms with Gasteiger partial charge in [0.2, 0.25) is 0 Å². The fourth-order valence-electron chi connectivity index (χ4n) is 1.85. The second kappa shape index (κ2) is 6.83. The number of aromatic amines is 1. The molecule has 21 heavy (non-hydrogen) atoms. The van der Waals surface area contributed by atoms with Crippen molar-refractivity contribution in [2.75, 3.05) is 6.61 Å². The zero-order valence-corrected chi connectivity index (χ0v) is 13.3. The smallest absolute Gasteiger partial charge is 0.333 e. The van der Waals surface area contributed by atoms with E-state index in [-0.39, 0.29) is 5.97 Å². The maximum Gasteiger partial charge on any atom is 0.333 e. The van der Waals surface area contributed by atoms with Gasteiger partial charge in [0.15, 0.2) is 0 Å². The highest BCUT2D eigenvalue weighted by Gasteiger charge is 2.04. The molecule has 0 bridgehead atoms. The number of hydrogen-bond donors (Lipinski definition) is 1. The number of carbonyl (C=O) groups is 1. The highest BCUT2D eigenvalue weighted by molar-refractivity contribution is 6.42. The Labute approximate surface area is 133 Å². The molecule has 0 saturated carbocycles. The molecule has 1 aromatic heterocycles. The number of halogens is 2. The summed E-state index contributed by atoms with van der Waals surface area (Å²) in [5, 5.41) is 2.02. The molecule has 0 aliphatic rings. The van der Waals surface area contributed by atoms with E-state index in [1.54, 1.807) is 32.1 Å². The van der Waals surface area contributed by atoms with Gasteiger partial charge in [-0.1, -0.05) is 35.4 Å². The van der Waals surface area contributed by atoms with Crippen LogP contribution < -0.4 is 0 Å². The van der Waals surface area contributed by atoms with Gasteiger partial charge in [-0.05, 0) is 38.1 Å². The van der Waals surface area contributed by atoms with Crippen molar-refractivity contribution in [3.8, 4) is 0 Å². The predicted molar refractivity (Wildman–Crippen MR) is 87.7 cm³/mol. The summed E-state index contributed by atoms with van der Waals surface area (Å²) in [7, 11) is 0. The highest BCUT2D eigenvalue weighted by Crippen LogP contribution is 2.28. The van der Waals surface area contributed by atoms with Crippen molar-refractivity contribution in [1.29, 1.82) is 0 Å². The zero-order valence-electron chi connectivity index (χ0n) is 11.7. The van der Waals surface area contributed by atoms with Crippen LogP contribution >= 0.6 is 23.2 Å². The van der Waals surface area contributed by atoms with E-state index in [1.165, 1.54) is 0 Å². The van der Waals surface area contributed by atoms with E-state index in [0.717, 1.165) is 16.6 Å². The molecule has 0 atom stereocenters. The number of allylic oxidation sites excluding steroid dienone is 2. The largest absolute Gasteiger partial charge is 0.463 e. The van der Waals surface area contributed by atoms with Gasteiger partial charge >= 0.3 is 5.97 Å². The van der Waals surface area contributed by atoms with Gasteiger partial charge in [-0.15, -0.1) is 0 Å². The maximum atomic E-state index is 11.4. The molecule has 110 valence electrons. The van der Waals surface area contributed by atoms with Gasteiger partial charge < -0.3 is 9.72 Å². The van der Waals surface area contributed by atoms with Crippen LogP contribution in [0.1, 0.15) is 19.5 Å². The summed E-state index contributed by atoms with van der Waals surface area (Å²) in [6.45, 7) is 3.87. The predicted octanol–water partition coefficient (Wildman–Crippen LogP) is 5.00. The first-order valence-corrected chi connectivity index (χ1v) is 7.26. The lowest BCUT2D eigenvalue weighted by atomic mass is 10.2. The Hall–Kier alpha value is -1.71. The van der Waals surface area contributed by atoms with Crippen LogP contribution in [0.25, 0.3) is 17.0 Å². The van der Waals surface area contributed by atoms with Crippen LogP contribution in [0, 0.1) is 0 Å². The number of H-pyrrole nitrogens is 1. The SMILES string of the molecule is CCOC(=O)/C(C)=C/C=C/c1cc2cc(Cl)c(Cl)cc2[nH]1. The summed E-state index contributed by atoms with van der Waals surface area (Å²) in [5.74, 6) is -0.308. The molecule has 5 heteroatoms. The molecule has 3 nitrogen and oxygen atoms in total. The number of hydrogen-bond acceptors (Lipinski definition) is 2. The maximum absolute atomic E-state index is 11.4. The molecule has 0 aliphatic heterocycles. The topological polar surface area (TPSA) is 42.1 Å². The first kappa shape index (κ1) is 15.7. The molecular formula is C16H15Cl2NO2. The van der Waals surface area contributed by atoms with Crippen molar-refractivity contribution in [3.05, 3.63) is 51.7 Å². The van der Waals surface area contributed by atoms with Gasteiger partial charge in [0.05, 0.1) is 16.7 Å². The Morgan fingerprint density at radius 3 is 2.71 bits per heavy atom. The number of rotatable bonds is 4. The second-order valence-corrected chi connectivity index (χ2v) is 5.32. The van der Waals surface area contributed by atoms with E-state index < -0.39 is 0 Å². The molecule has 0 fully saturated rings. The number of benzene rings is 1. The van der Waals surface area contributed by atoms with Crippen molar-refractivity contribution < 1.29 is 9.53 Å². The van der Waals surface area contributed by atoms with Gasteiger partial charge in [0.25, 0.3) is 0 Å². The molecular weight excluding hydrogens is 309 g/mol. The van der Waals surface area contributed by atoms with Crippen LogP contribution in [0.4, 0.5) is 0 Å². The number of carbonyl (C=O) groups excluding carboxylic acids is 1. The normalized spacial score (nSPS) is 12.3. The van der Waals surface area contributed by atoms with E-state index in [1.807, 2.05) is 18.2 Å². The molecule has 2 aromatic rings. The number of fused-ring (bicyclic) bond motifs is 1. The summed E-state index contributed by atoms with van der Waals surface area (Å²) in [5.41, 5.74) is 2.36. The Morgan fingerprint density at radius 1 is 1.29 bits per heavy atom. The fraction of sp³-hybridized carbons (Fsp3) is 0.188. The lowest BCUT2D eigenvalue weighted by Crippen LogP contribution is -2.04. The second-order valence-electron chi connectivity index (χ2n) is 4.51. The minimum Gasteiger partial charge on any atom is -0.463 e. The van der Waals surface area contributed by atoms with Crippen molar-refractivity contribution in [2.24, 2.45) is 0 Å². The van der Waals surface area contributed by atoms with Crippen molar-refractivity contribution >= 4 is 46.2 Å². The van der Waals surface area contributed by atoms with Crippen LogP contribution in [-0.2, 0) is 9.53 Å². The third-order valence-electron chi connectivity index (χ3n) is 2.90. The van der Waals surface area contributed by atoms with Crippen LogP contribution in [0.15, 0.2) is 35.9 Å². The molecule has 0 saturated heterocycles. The third kappa shape index (κ3) is 3.90. The van der Waals surface area contributed by atoms with E-state index in [0.29, 0.717) is 22.2 Å². The summed E-state index contributed by atoms with van der Waals surface area (Å²) in [6.07, 6.45) is 5.37. The number of aromatic nitrogens is 1. The van der Waals surface area contributed by atoms with Crippen LogP contribution in [0.2, 0.25) is 10.0 Å². The monoisotopic (exact) mass is 323 g/mol.